The number of carbonyl (C=O) groups is 2. The van der Waals surface area contributed by atoms with Crippen molar-refractivity contribution in [3.05, 3.63) is 71.0 Å². The molecule has 1 aliphatic rings. The number of rotatable bonds is 5. The number of hydrogen-bond donors (Lipinski definition) is 2. The van der Waals surface area contributed by atoms with E-state index >= 15 is 0 Å². The molecule has 33 heavy (non-hydrogen) atoms. The monoisotopic (exact) mass is 448 g/mol. The Morgan fingerprint density at radius 3 is 2.82 bits per heavy atom. The van der Waals surface area contributed by atoms with Crippen LogP contribution in [0.5, 0.6) is 0 Å². The number of likely N-dealkylation sites (tertiary alicyclic amines) is 1. The fourth-order valence-electron chi connectivity index (χ4n) is 3.65. The van der Waals surface area contributed by atoms with Crippen LogP contribution in [0.15, 0.2) is 47.2 Å². The van der Waals surface area contributed by atoms with E-state index in [0.29, 0.717) is 41.8 Å². The molecule has 3 N–H and O–H groups in total. The zero-order valence-electron chi connectivity index (χ0n) is 17.8. The highest BCUT2D eigenvalue weighted by atomic mass is 19.1. The SMILES string of the molecule is CN1CC[C@@](O)(C#Cc2cccc(-c3nc(C(N)=O)c(CCc4ccon4)cc3F)c2)C1=O. The minimum absolute atomic E-state index is 0.0275. The first-order valence-electron chi connectivity index (χ1n) is 10.3. The average Bonchev–Trinajstić information content (AvgIpc) is 3.41. The van der Waals surface area contributed by atoms with Crippen LogP contribution in [-0.4, -0.2) is 51.2 Å². The summed E-state index contributed by atoms with van der Waals surface area (Å²) in [6.45, 7) is 0.415. The standard InChI is InChI=1S/C24H21FN4O4/c1-29-11-10-24(32,23(29)31)9-7-15-3-2-4-16(13-15)20-19(25)14-17(21(27-20)22(26)30)5-6-18-8-12-33-28-18/h2-4,8,12-14,32H,5-6,10-11H2,1H3,(H2,26,30)/t24-/m0/s1. The molecule has 1 aromatic carbocycles. The zero-order chi connectivity index (χ0) is 23.6. The first-order valence-corrected chi connectivity index (χ1v) is 10.3. The van der Waals surface area contributed by atoms with Gasteiger partial charge < -0.3 is 20.3 Å². The van der Waals surface area contributed by atoms with E-state index in [9.17, 15) is 19.1 Å². The van der Waals surface area contributed by atoms with Gasteiger partial charge in [0.1, 0.15) is 23.5 Å². The van der Waals surface area contributed by atoms with Gasteiger partial charge in [0.15, 0.2) is 0 Å². The molecule has 3 aromatic rings. The molecule has 2 aromatic heterocycles. The molecule has 9 heteroatoms. The number of aryl methyl sites for hydroxylation is 2. The maximum atomic E-state index is 15.0. The predicted octanol–water partition coefficient (Wildman–Crippen LogP) is 1.70. The number of nitrogens with two attached hydrogens (primary N) is 1. The summed E-state index contributed by atoms with van der Waals surface area (Å²) in [5.41, 5.74) is 5.56. The van der Waals surface area contributed by atoms with Crippen LogP contribution in [0.2, 0.25) is 0 Å². The smallest absolute Gasteiger partial charge is 0.267 e. The molecule has 2 amide bonds. The van der Waals surface area contributed by atoms with Gasteiger partial charge in [-0.1, -0.05) is 29.1 Å². The quantitative estimate of drug-likeness (QED) is 0.573. The van der Waals surface area contributed by atoms with Gasteiger partial charge in [-0.05, 0) is 36.6 Å². The highest BCUT2D eigenvalue weighted by Gasteiger charge is 2.42. The van der Waals surface area contributed by atoms with E-state index < -0.39 is 23.2 Å². The van der Waals surface area contributed by atoms with Crippen molar-refractivity contribution in [1.82, 2.24) is 15.0 Å². The molecule has 168 valence electrons. The molecule has 3 heterocycles. The maximum Gasteiger partial charge on any atom is 0.267 e. The van der Waals surface area contributed by atoms with E-state index in [-0.39, 0.29) is 17.8 Å². The van der Waals surface area contributed by atoms with Crippen LogP contribution in [-0.2, 0) is 17.6 Å². The van der Waals surface area contributed by atoms with E-state index in [4.69, 9.17) is 10.3 Å². The second-order valence-electron chi connectivity index (χ2n) is 7.85. The van der Waals surface area contributed by atoms with Gasteiger partial charge in [0.2, 0.25) is 5.60 Å². The van der Waals surface area contributed by atoms with E-state index in [1.807, 2.05) is 0 Å². The number of aliphatic hydroxyl groups is 1. The molecular weight excluding hydrogens is 427 g/mol. The van der Waals surface area contributed by atoms with Gasteiger partial charge in [-0.3, -0.25) is 9.59 Å². The first kappa shape index (κ1) is 22.2. The fraction of sp³-hybridized carbons (Fsp3) is 0.250. The number of amides is 2. The van der Waals surface area contributed by atoms with Gasteiger partial charge in [0.25, 0.3) is 11.8 Å². The van der Waals surface area contributed by atoms with Crippen molar-refractivity contribution in [2.24, 2.45) is 5.73 Å². The summed E-state index contributed by atoms with van der Waals surface area (Å²) in [5.74, 6) is 3.57. The number of primary amides is 1. The van der Waals surface area contributed by atoms with Crippen molar-refractivity contribution in [2.75, 3.05) is 13.6 Å². The average molecular weight is 448 g/mol. The summed E-state index contributed by atoms with van der Waals surface area (Å²) in [5, 5.41) is 14.3. The number of nitrogens with zero attached hydrogens (tertiary/aromatic N) is 3. The second kappa shape index (κ2) is 8.84. The van der Waals surface area contributed by atoms with E-state index in [1.54, 1.807) is 37.4 Å². The third-order valence-corrected chi connectivity index (χ3v) is 5.49. The summed E-state index contributed by atoms with van der Waals surface area (Å²) < 4.78 is 19.8. The minimum atomic E-state index is -1.74. The number of likely N-dealkylation sites (N-methyl/N-ethyl adjacent to an activating group) is 1. The van der Waals surface area contributed by atoms with Crippen molar-refractivity contribution >= 4 is 11.8 Å². The van der Waals surface area contributed by atoms with Crippen molar-refractivity contribution in [1.29, 1.82) is 0 Å². The lowest BCUT2D eigenvalue weighted by atomic mass is 10.0. The molecule has 1 atom stereocenters. The second-order valence-corrected chi connectivity index (χ2v) is 7.85. The van der Waals surface area contributed by atoms with Crippen LogP contribution < -0.4 is 5.73 Å². The maximum absolute atomic E-state index is 15.0. The Hall–Kier alpha value is -4.03. The van der Waals surface area contributed by atoms with Gasteiger partial charge in [-0.25, -0.2) is 9.37 Å². The number of hydrogen-bond acceptors (Lipinski definition) is 6. The van der Waals surface area contributed by atoms with Crippen LogP contribution >= 0.6 is 0 Å². The van der Waals surface area contributed by atoms with Crippen LogP contribution in [0.4, 0.5) is 4.39 Å². The zero-order valence-corrected chi connectivity index (χ0v) is 17.8. The molecule has 1 saturated heterocycles. The molecule has 8 nitrogen and oxygen atoms in total. The Morgan fingerprint density at radius 2 is 2.15 bits per heavy atom. The molecule has 0 radical (unpaired) electrons. The number of pyridine rings is 1. The van der Waals surface area contributed by atoms with Crippen LogP contribution in [0.25, 0.3) is 11.3 Å². The molecular formula is C24H21FN4O4. The van der Waals surface area contributed by atoms with E-state index in [0.717, 1.165) is 0 Å². The van der Waals surface area contributed by atoms with Gasteiger partial charge in [0, 0.05) is 37.2 Å². The molecule has 1 aliphatic heterocycles. The topological polar surface area (TPSA) is 123 Å². The van der Waals surface area contributed by atoms with Crippen molar-refractivity contribution in [2.45, 2.75) is 24.9 Å². The summed E-state index contributed by atoms with van der Waals surface area (Å²) >= 11 is 0. The summed E-state index contributed by atoms with van der Waals surface area (Å²) in [6.07, 6.45) is 2.38. The Kier molecular flexibility index (Phi) is 5.94. The molecule has 0 saturated carbocycles. The Balaban J connectivity index is 1.64. The Labute approximate surface area is 189 Å². The molecule has 0 bridgehead atoms. The number of carbonyl (C=O) groups excluding carboxylic acids is 2. The van der Waals surface area contributed by atoms with Crippen molar-refractivity contribution in [3.8, 4) is 23.1 Å². The fourth-order valence-corrected chi connectivity index (χ4v) is 3.65. The Bertz CT molecular complexity index is 1280. The van der Waals surface area contributed by atoms with Crippen LogP contribution in [0.1, 0.15) is 33.7 Å². The Morgan fingerprint density at radius 1 is 1.33 bits per heavy atom. The summed E-state index contributed by atoms with van der Waals surface area (Å²) in [7, 11) is 1.60. The van der Waals surface area contributed by atoms with Crippen LogP contribution in [0, 0.1) is 17.7 Å². The summed E-state index contributed by atoms with van der Waals surface area (Å²) in [4.78, 5) is 29.7. The van der Waals surface area contributed by atoms with Crippen molar-refractivity contribution in [3.63, 3.8) is 0 Å². The van der Waals surface area contributed by atoms with Gasteiger partial charge >= 0.3 is 0 Å². The molecule has 4 rings (SSSR count). The largest absolute Gasteiger partial charge is 0.369 e. The number of benzene rings is 1. The molecule has 0 unspecified atom stereocenters. The number of halogens is 1. The predicted molar refractivity (Wildman–Crippen MR) is 116 cm³/mol. The number of aromatic nitrogens is 2. The molecule has 1 fully saturated rings. The van der Waals surface area contributed by atoms with Crippen molar-refractivity contribution < 1.29 is 23.6 Å². The lowest BCUT2D eigenvalue weighted by Gasteiger charge is -2.13. The van der Waals surface area contributed by atoms with Crippen LogP contribution in [0.3, 0.4) is 0 Å². The van der Waals surface area contributed by atoms with Gasteiger partial charge in [-0.2, -0.15) is 0 Å². The van der Waals surface area contributed by atoms with E-state index in [1.165, 1.54) is 17.2 Å². The highest BCUT2D eigenvalue weighted by Crippen LogP contribution is 2.25. The lowest BCUT2D eigenvalue weighted by Crippen LogP contribution is -2.37. The first-order chi connectivity index (χ1) is 15.8. The van der Waals surface area contributed by atoms with E-state index in [2.05, 4.69) is 22.0 Å². The van der Waals surface area contributed by atoms with Gasteiger partial charge in [-0.15, -0.1) is 0 Å². The molecule has 0 spiro atoms. The highest BCUT2D eigenvalue weighted by molar-refractivity contribution is 5.93. The summed E-state index contributed by atoms with van der Waals surface area (Å²) in [6, 6.07) is 9.45. The van der Waals surface area contributed by atoms with Gasteiger partial charge in [0.05, 0.1) is 5.69 Å². The minimum Gasteiger partial charge on any atom is -0.369 e. The third-order valence-electron chi connectivity index (χ3n) is 5.49. The normalized spacial score (nSPS) is 17.7. The lowest BCUT2D eigenvalue weighted by molar-refractivity contribution is -0.137. The molecule has 0 aliphatic carbocycles. The third kappa shape index (κ3) is 4.61.